The summed E-state index contributed by atoms with van der Waals surface area (Å²) in [6.07, 6.45) is 0. The van der Waals surface area contributed by atoms with E-state index >= 15 is 0 Å². The first kappa shape index (κ1) is 15.9. The number of methoxy groups -OCH3 is 1. The van der Waals surface area contributed by atoms with Crippen LogP contribution in [-0.4, -0.2) is 23.2 Å². The van der Waals surface area contributed by atoms with Crippen LogP contribution in [0.3, 0.4) is 0 Å². The number of ether oxygens (including phenoxy) is 1. The third-order valence-corrected chi connectivity index (χ3v) is 3.43. The molecule has 0 radical (unpaired) electrons. The molecule has 3 rings (SSSR count). The Kier molecular flexibility index (Phi) is 4.67. The fourth-order valence-electron chi connectivity index (χ4n) is 2.27. The summed E-state index contributed by atoms with van der Waals surface area (Å²) in [5, 5.41) is 6.75. The molecule has 24 heavy (non-hydrogen) atoms. The number of nitrogens with zero attached hydrogens (tertiary/aromatic N) is 2. The first-order chi connectivity index (χ1) is 11.7. The molecule has 122 valence electrons. The highest BCUT2D eigenvalue weighted by atomic mass is 16.5. The average Bonchev–Trinajstić information content (AvgIpc) is 3.03. The summed E-state index contributed by atoms with van der Waals surface area (Å²) >= 11 is 0. The van der Waals surface area contributed by atoms with Gasteiger partial charge in [0.15, 0.2) is 0 Å². The number of carbonyl (C=O) groups excluding carboxylic acids is 1. The van der Waals surface area contributed by atoms with E-state index in [0.29, 0.717) is 29.6 Å². The molecule has 0 fully saturated rings. The first-order valence-corrected chi connectivity index (χ1v) is 7.45. The van der Waals surface area contributed by atoms with Crippen LogP contribution in [0, 0.1) is 6.92 Å². The summed E-state index contributed by atoms with van der Waals surface area (Å²) in [4.78, 5) is 16.5. The Morgan fingerprint density at radius 1 is 1.21 bits per heavy atom. The number of amides is 1. The number of rotatable bonds is 5. The van der Waals surface area contributed by atoms with E-state index in [4.69, 9.17) is 9.26 Å². The second-order valence-corrected chi connectivity index (χ2v) is 5.30. The van der Waals surface area contributed by atoms with E-state index in [1.54, 1.807) is 26.2 Å². The monoisotopic (exact) mass is 323 g/mol. The van der Waals surface area contributed by atoms with Gasteiger partial charge in [-0.3, -0.25) is 4.79 Å². The van der Waals surface area contributed by atoms with E-state index < -0.39 is 0 Å². The molecule has 6 heteroatoms. The minimum Gasteiger partial charge on any atom is -0.380 e. The highest BCUT2D eigenvalue weighted by Gasteiger charge is 2.09. The van der Waals surface area contributed by atoms with Gasteiger partial charge >= 0.3 is 0 Å². The fourth-order valence-corrected chi connectivity index (χ4v) is 2.27. The van der Waals surface area contributed by atoms with Gasteiger partial charge in [0.2, 0.25) is 11.7 Å². The third kappa shape index (κ3) is 3.67. The van der Waals surface area contributed by atoms with Gasteiger partial charge in [0.05, 0.1) is 6.61 Å². The zero-order valence-electron chi connectivity index (χ0n) is 13.4. The van der Waals surface area contributed by atoms with Gasteiger partial charge in [-0.05, 0) is 29.8 Å². The molecule has 1 aromatic heterocycles. The van der Waals surface area contributed by atoms with Crippen molar-refractivity contribution in [2.75, 3.05) is 12.4 Å². The Hall–Kier alpha value is -2.99. The van der Waals surface area contributed by atoms with Crippen LogP contribution in [-0.2, 0) is 11.3 Å². The highest BCUT2D eigenvalue weighted by Crippen LogP contribution is 2.20. The molecule has 0 unspecified atom stereocenters. The van der Waals surface area contributed by atoms with Crippen LogP contribution in [0.4, 0.5) is 5.69 Å². The number of nitrogens with one attached hydrogen (secondary N) is 1. The topological polar surface area (TPSA) is 77.2 Å². The quantitative estimate of drug-likeness (QED) is 0.778. The van der Waals surface area contributed by atoms with Gasteiger partial charge in [-0.2, -0.15) is 4.98 Å². The minimum atomic E-state index is -0.180. The molecule has 2 aromatic carbocycles. The van der Waals surface area contributed by atoms with Gasteiger partial charge in [-0.25, -0.2) is 0 Å². The summed E-state index contributed by atoms with van der Waals surface area (Å²) in [5.74, 6) is 0.809. The zero-order valence-corrected chi connectivity index (χ0v) is 13.4. The van der Waals surface area contributed by atoms with Gasteiger partial charge in [0.1, 0.15) is 0 Å². The van der Waals surface area contributed by atoms with Crippen molar-refractivity contribution in [1.82, 2.24) is 10.1 Å². The number of carbonyl (C=O) groups is 1. The number of hydrogen-bond donors (Lipinski definition) is 1. The van der Waals surface area contributed by atoms with Crippen LogP contribution < -0.4 is 5.32 Å². The Labute approximate surface area is 139 Å². The minimum absolute atomic E-state index is 0.180. The molecule has 3 aromatic rings. The van der Waals surface area contributed by atoms with Crippen LogP contribution in [0.25, 0.3) is 11.4 Å². The Bertz CT molecular complexity index is 841. The van der Waals surface area contributed by atoms with Crippen molar-refractivity contribution in [3.8, 4) is 11.4 Å². The summed E-state index contributed by atoms with van der Waals surface area (Å²) in [7, 11) is 1.64. The van der Waals surface area contributed by atoms with Crippen LogP contribution in [0.5, 0.6) is 0 Å². The summed E-state index contributed by atoms with van der Waals surface area (Å²) in [5.41, 5.74) is 3.04. The van der Waals surface area contributed by atoms with Gasteiger partial charge in [-0.1, -0.05) is 29.4 Å². The fraction of sp³-hybridized carbons (Fsp3) is 0.167. The number of benzene rings is 2. The lowest BCUT2D eigenvalue weighted by atomic mass is 10.1. The van der Waals surface area contributed by atoms with E-state index in [1.807, 2.05) is 36.4 Å². The molecular weight excluding hydrogens is 306 g/mol. The Balaban J connectivity index is 1.74. The maximum Gasteiger partial charge on any atom is 0.255 e. The number of aryl methyl sites for hydroxylation is 1. The standard InChI is InChI=1S/C18H17N3O3/c1-12-19-17(21-24-12)15-4-3-5-16(10-15)20-18(22)14-8-6-13(7-9-14)11-23-2/h3-10H,11H2,1-2H3,(H,20,22). The Morgan fingerprint density at radius 2 is 2.00 bits per heavy atom. The second kappa shape index (κ2) is 7.06. The van der Waals surface area contributed by atoms with Gasteiger partial charge in [0.25, 0.3) is 5.91 Å². The van der Waals surface area contributed by atoms with Crippen molar-refractivity contribution >= 4 is 11.6 Å². The molecule has 0 aliphatic rings. The molecule has 0 bridgehead atoms. The molecule has 0 atom stereocenters. The molecule has 0 saturated carbocycles. The normalized spacial score (nSPS) is 10.6. The van der Waals surface area contributed by atoms with Crippen LogP contribution in [0.2, 0.25) is 0 Å². The summed E-state index contributed by atoms with van der Waals surface area (Å²) in [6.45, 7) is 2.25. The molecule has 6 nitrogen and oxygen atoms in total. The lowest BCUT2D eigenvalue weighted by Gasteiger charge is -2.07. The van der Waals surface area contributed by atoms with Crippen LogP contribution >= 0.6 is 0 Å². The van der Waals surface area contributed by atoms with Crippen molar-refractivity contribution in [3.63, 3.8) is 0 Å². The van der Waals surface area contributed by atoms with E-state index in [2.05, 4.69) is 15.5 Å². The largest absolute Gasteiger partial charge is 0.380 e. The van der Waals surface area contributed by atoms with Crippen molar-refractivity contribution in [2.24, 2.45) is 0 Å². The molecule has 1 N–H and O–H groups in total. The predicted molar refractivity (Wildman–Crippen MR) is 89.6 cm³/mol. The highest BCUT2D eigenvalue weighted by molar-refractivity contribution is 6.04. The van der Waals surface area contributed by atoms with Crippen molar-refractivity contribution in [3.05, 3.63) is 65.5 Å². The summed E-state index contributed by atoms with van der Waals surface area (Å²) in [6, 6.07) is 14.6. The van der Waals surface area contributed by atoms with Crippen LogP contribution in [0.15, 0.2) is 53.1 Å². The predicted octanol–water partition coefficient (Wildman–Crippen LogP) is 3.44. The van der Waals surface area contributed by atoms with Crippen molar-refractivity contribution in [1.29, 1.82) is 0 Å². The molecule has 0 aliphatic carbocycles. The number of hydrogen-bond acceptors (Lipinski definition) is 5. The van der Waals surface area contributed by atoms with E-state index in [-0.39, 0.29) is 5.91 Å². The van der Waals surface area contributed by atoms with Crippen molar-refractivity contribution in [2.45, 2.75) is 13.5 Å². The van der Waals surface area contributed by atoms with Crippen LogP contribution in [0.1, 0.15) is 21.8 Å². The molecule has 0 aliphatic heterocycles. The maximum absolute atomic E-state index is 12.3. The Morgan fingerprint density at radius 3 is 2.67 bits per heavy atom. The second-order valence-electron chi connectivity index (χ2n) is 5.30. The molecule has 1 amide bonds. The lowest BCUT2D eigenvalue weighted by Crippen LogP contribution is -2.11. The SMILES string of the molecule is COCc1ccc(C(=O)Nc2cccc(-c3noc(C)n3)c2)cc1. The molecular formula is C18H17N3O3. The van der Waals surface area contributed by atoms with Gasteiger partial charge in [-0.15, -0.1) is 0 Å². The first-order valence-electron chi connectivity index (χ1n) is 7.45. The van der Waals surface area contributed by atoms with E-state index in [1.165, 1.54) is 0 Å². The number of anilines is 1. The smallest absolute Gasteiger partial charge is 0.255 e. The molecule has 0 saturated heterocycles. The zero-order chi connectivity index (χ0) is 16.9. The molecule has 0 spiro atoms. The van der Waals surface area contributed by atoms with E-state index in [9.17, 15) is 4.79 Å². The summed E-state index contributed by atoms with van der Waals surface area (Å²) < 4.78 is 10.0. The lowest BCUT2D eigenvalue weighted by molar-refractivity contribution is 0.102. The molecule has 1 heterocycles. The average molecular weight is 323 g/mol. The van der Waals surface area contributed by atoms with Gasteiger partial charge < -0.3 is 14.6 Å². The van der Waals surface area contributed by atoms with Crippen molar-refractivity contribution < 1.29 is 14.1 Å². The van der Waals surface area contributed by atoms with Gasteiger partial charge in [0, 0.05) is 30.8 Å². The van der Waals surface area contributed by atoms with E-state index in [0.717, 1.165) is 11.1 Å². The maximum atomic E-state index is 12.3. The number of aromatic nitrogens is 2. The third-order valence-electron chi connectivity index (χ3n) is 3.43.